The van der Waals surface area contributed by atoms with Crippen LogP contribution in [0.1, 0.15) is 35.7 Å². The number of sulfonamides is 1. The molecule has 11 heteroatoms. The first-order valence-corrected chi connectivity index (χ1v) is 12.6. The van der Waals surface area contributed by atoms with Crippen LogP contribution in [0.3, 0.4) is 0 Å². The van der Waals surface area contributed by atoms with E-state index in [0.29, 0.717) is 49.5 Å². The molecule has 1 fully saturated rings. The highest BCUT2D eigenvalue weighted by atomic mass is 32.2. The molecular formula is C24H28N4O6S. The van der Waals surface area contributed by atoms with Gasteiger partial charge in [-0.1, -0.05) is 6.07 Å². The van der Waals surface area contributed by atoms with Crippen LogP contribution < -0.4 is 9.47 Å². The fourth-order valence-electron chi connectivity index (χ4n) is 4.44. The van der Waals surface area contributed by atoms with Crippen molar-refractivity contribution in [1.82, 2.24) is 13.9 Å². The molecule has 2 aromatic carbocycles. The predicted molar refractivity (Wildman–Crippen MR) is 129 cm³/mol. The third-order valence-electron chi connectivity index (χ3n) is 6.33. The maximum absolute atomic E-state index is 13.3. The fourth-order valence-corrected chi connectivity index (χ4v) is 6.16. The molecule has 0 saturated carbocycles. The SMILES string of the molecule is COc1cc(Cn2ccnc2C2CCN(S(=O)(=O)c3cc([N+](=O)[O-])ccc3C)CC2)cc(OC)c1. The summed E-state index contributed by atoms with van der Waals surface area (Å²) in [6, 6.07) is 9.65. The molecule has 2 heterocycles. The second-order valence-corrected chi connectivity index (χ2v) is 10.4. The molecule has 1 aliphatic rings. The Hall–Kier alpha value is -3.44. The zero-order chi connectivity index (χ0) is 25.2. The summed E-state index contributed by atoms with van der Waals surface area (Å²) in [5.74, 6) is 2.40. The lowest BCUT2D eigenvalue weighted by atomic mass is 9.97. The average Bonchev–Trinajstić information content (AvgIpc) is 3.31. The summed E-state index contributed by atoms with van der Waals surface area (Å²) in [6.45, 7) is 2.85. The Morgan fingerprint density at radius 1 is 1.09 bits per heavy atom. The highest BCUT2D eigenvalue weighted by molar-refractivity contribution is 7.89. The van der Waals surface area contributed by atoms with Crippen LogP contribution in [0.4, 0.5) is 5.69 Å². The first-order chi connectivity index (χ1) is 16.7. The number of non-ortho nitro benzene ring substituents is 1. The summed E-state index contributed by atoms with van der Waals surface area (Å²) in [5, 5.41) is 11.2. The van der Waals surface area contributed by atoms with Gasteiger partial charge in [-0.3, -0.25) is 10.1 Å². The van der Waals surface area contributed by atoms with E-state index in [1.807, 2.05) is 24.4 Å². The molecule has 0 unspecified atom stereocenters. The normalized spacial score (nSPS) is 15.2. The van der Waals surface area contributed by atoms with Crippen LogP contribution in [0.25, 0.3) is 0 Å². The lowest BCUT2D eigenvalue weighted by Crippen LogP contribution is -2.38. The van der Waals surface area contributed by atoms with Gasteiger partial charge in [-0.05, 0) is 43.0 Å². The van der Waals surface area contributed by atoms with E-state index in [4.69, 9.17) is 9.47 Å². The lowest BCUT2D eigenvalue weighted by molar-refractivity contribution is -0.385. The van der Waals surface area contributed by atoms with E-state index in [9.17, 15) is 18.5 Å². The number of ether oxygens (including phenoxy) is 2. The molecule has 0 aliphatic carbocycles. The van der Waals surface area contributed by atoms with Gasteiger partial charge in [0.1, 0.15) is 17.3 Å². The minimum absolute atomic E-state index is 0.0152. The Bertz CT molecular complexity index is 1310. The van der Waals surface area contributed by atoms with Crippen LogP contribution in [0.15, 0.2) is 53.7 Å². The van der Waals surface area contributed by atoms with Crippen molar-refractivity contribution >= 4 is 15.7 Å². The molecule has 0 spiro atoms. The third kappa shape index (κ3) is 5.15. The number of nitro benzene ring substituents is 1. The van der Waals surface area contributed by atoms with Crippen LogP contribution in [-0.2, 0) is 16.6 Å². The van der Waals surface area contributed by atoms with Gasteiger partial charge in [-0.15, -0.1) is 0 Å². The summed E-state index contributed by atoms with van der Waals surface area (Å²) in [6.07, 6.45) is 4.87. The molecule has 0 N–H and O–H groups in total. The topological polar surface area (TPSA) is 117 Å². The zero-order valence-corrected chi connectivity index (χ0v) is 20.7. The van der Waals surface area contributed by atoms with E-state index in [0.717, 1.165) is 17.5 Å². The fraction of sp³-hybridized carbons (Fsp3) is 0.375. The van der Waals surface area contributed by atoms with Crippen molar-refractivity contribution < 1.29 is 22.8 Å². The maximum atomic E-state index is 13.3. The Kier molecular flexibility index (Phi) is 7.08. The summed E-state index contributed by atoms with van der Waals surface area (Å²) >= 11 is 0. The number of imidazole rings is 1. The monoisotopic (exact) mass is 500 g/mol. The molecule has 3 aromatic rings. The molecule has 0 bridgehead atoms. The Morgan fingerprint density at radius 2 is 1.74 bits per heavy atom. The summed E-state index contributed by atoms with van der Waals surface area (Å²) in [4.78, 5) is 15.1. The number of methoxy groups -OCH3 is 2. The number of nitro groups is 1. The molecular weight excluding hydrogens is 472 g/mol. The van der Waals surface area contributed by atoms with E-state index in [-0.39, 0.29) is 16.5 Å². The largest absolute Gasteiger partial charge is 0.497 e. The lowest BCUT2D eigenvalue weighted by Gasteiger charge is -2.31. The van der Waals surface area contributed by atoms with Gasteiger partial charge >= 0.3 is 0 Å². The smallest absolute Gasteiger partial charge is 0.270 e. The molecule has 0 atom stereocenters. The molecule has 186 valence electrons. The van der Waals surface area contributed by atoms with Gasteiger partial charge in [-0.25, -0.2) is 13.4 Å². The van der Waals surface area contributed by atoms with Crippen molar-refractivity contribution in [3.63, 3.8) is 0 Å². The van der Waals surface area contributed by atoms with E-state index >= 15 is 0 Å². The van der Waals surface area contributed by atoms with Crippen LogP contribution in [-0.4, -0.2) is 54.5 Å². The summed E-state index contributed by atoms with van der Waals surface area (Å²) in [5.41, 5.74) is 1.25. The number of benzene rings is 2. The van der Waals surface area contributed by atoms with Crippen molar-refractivity contribution in [3.05, 3.63) is 75.9 Å². The molecule has 10 nitrogen and oxygen atoms in total. The number of rotatable bonds is 8. The van der Waals surface area contributed by atoms with E-state index < -0.39 is 14.9 Å². The van der Waals surface area contributed by atoms with Crippen molar-refractivity contribution in [1.29, 1.82) is 0 Å². The van der Waals surface area contributed by atoms with E-state index in [2.05, 4.69) is 9.55 Å². The van der Waals surface area contributed by atoms with Crippen molar-refractivity contribution in [3.8, 4) is 11.5 Å². The predicted octanol–water partition coefficient (Wildman–Crippen LogP) is 3.73. The number of piperidine rings is 1. The van der Waals surface area contributed by atoms with Crippen molar-refractivity contribution in [2.45, 2.75) is 37.1 Å². The highest BCUT2D eigenvalue weighted by Gasteiger charge is 2.33. The van der Waals surface area contributed by atoms with Crippen molar-refractivity contribution in [2.24, 2.45) is 0 Å². The number of aromatic nitrogens is 2. The molecule has 1 saturated heterocycles. The van der Waals surface area contributed by atoms with Gasteiger partial charge in [0.05, 0.1) is 24.0 Å². The quantitative estimate of drug-likeness (QED) is 0.342. The van der Waals surface area contributed by atoms with E-state index in [1.54, 1.807) is 27.3 Å². The van der Waals surface area contributed by atoms with Crippen LogP contribution in [0, 0.1) is 17.0 Å². The second kappa shape index (κ2) is 10.0. The Balaban J connectivity index is 1.49. The Labute approximate surface area is 204 Å². The Morgan fingerprint density at radius 3 is 2.34 bits per heavy atom. The van der Waals surface area contributed by atoms with Gasteiger partial charge in [0, 0.05) is 56.1 Å². The maximum Gasteiger partial charge on any atom is 0.270 e. The second-order valence-electron chi connectivity index (χ2n) is 8.52. The van der Waals surface area contributed by atoms with Crippen LogP contribution in [0.5, 0.6) is 11.5 Å². The van der Waals surface area contributed by atoms with Crippen molar-refractivity contribution in [2.75, 3.05) is 27.3 Å². The molecule has 1 aromatic heterocycles. The number of hydrogen-bond acceptors (Lipinski definition) is 7. The standard InChI is InChI=1S/C24H28N4O6S/c1-17-4-5-20(28(29)30)14-23(17)35(31,32)27-9-6-19(7-10-27)24-25-8-11-26(24)16-18-12-21(33-2)15-22(13-18)34-3/h4-5,8,11-15,19H,6-7,9-10,16H2,1-3H3. The van der Waals surface area contributed by atoms with Crippen LogP contribution >= 0.6 is 0 Å². The molecule has 35 heavy (non-hydrogen) atoms. The molecule has 0 radical (unpaired) electrons. The van der Waals surface area contributed by atoms with Crippen LogP contribution in [0.2, 0.25) is 0 Å². The summed E-state index contributed by atoms with van der Waals surface area (Å²) < 4.78 is 40.7. The minimum Gasteiger partial charge on any atom is -0.497 e. The first-order valence-electron chi connectivity index (χ1n) is 11.2. The number of hydrogen-bond donors (Lipinski definition) is 0. The number of aryl methyl sites for hydroxylation is 1. The van der Waals surface area contributed by atoms with E-state index in [1.165, 1.54) is 16.4 Å². The minimum atomic E-state index is -3.84. The average molecular weight is 501 g/mol. The zero-order valence-electron chi connectivity index (χ0n) is 19.9. The van der Waals surface area contributed by atoms with Gasteiger partial charge < -0.3 is 14.0 Å². The first kappa shape index (κ1) is 24.7. The van der Waals surface area contributed by atoms with Gasteiger partial charge in [0.2, 0.25) is 10.0 Å². The van der Waals surface area contributed by atoms with Gasteiger partial charge in [-0.2, -0.15) is 4.31 Å². The van der Waals surface area contributed by atoms with Gasteiger partial charge in [0.15, 0.2) is 0 Å². The molecule has 0 amide bonds. The third-order valence-corrected chi connectivity index (χ3v) is 8.37. The highest BCUT2D eigenvalue weighted by Crippen LogP contribution is 2.32. The molecule has 4 rings (SSSR count). The number of nitrogens with zero attached hydrogens (tertiary/aromatic N) is 4. The van der Waals surface area contributed by atoms with Gasteiger partial charge in [0.25, 0.3) is 5.69 Å². The molecule has 1 aliphatic heterocycles. The summed E-state index contributed by atoms with van der Waals surface area (Å²) in [7, 11) is -0.623.